The fourth-order valence-electron chi connectivity index (χ4n) is 2.53. The molecule has 0 aliphatic heterocycles. The van der Waals surface area contributed by atoms with Gasteiger partial charge in [0.25, 0.3) is 0 Å². The minimum absolute atomic E-state index is 0.0493. The Balaban J connectivity index is 1.34. The third kappa shape index (κ3) is 5.35. The van der Waals surface area contributed by atoms with Crippen LogP contribution in [-0.4, -0.2) is 44.2 Å². The second-order valence-corrected chi connectivity index (χ2v) is 5.97. The van der Waals surface area contributed by atoms with Crippen LogP contribution >= 0.6 is 0 Å². The van der Waals surface area contributed by atoms with Crippen molar-refractivity contribution in [1.29, 1.82) is 5.26 Å². The smallest absolute Gasteiger partial charge is 0.220 e. The Morgan fingerprint density at radius 2 is 2.00 bits per heavy atom. The summed E-state index contributed by atoms with van der Waals surface area (Å²) in [6.07, 6.45) is 2.60. The van der Waals surface area contributed by atoms with Gasteiger partial charge in [-0.15, -0.1) is 10.2 Å². The molecule has 0 fully saturated rings. The standard InChI is InChI=1S/C19H20N8O/c20-14-16-8-4-10-22-18(16)23-12-11-21-17(28)9-5-13-27-25-19(24-26-27)15-6-2-1-3-7-15/h1-4,6-8,10H,5,9,11-13H2,(H,21,28)(H,22,23). The average Bonchev–Trinajstić information content (AvgIpc) is 3.21. The first-order valence-electron chi connectivity index (χ1n) is 8.95. The van der Waals surface area contributed by atoms with Crippen molar-refractivity contribution in [3.63, 3.8) is 0 Å². The quantitative estimate of drug-likeness (QED) is 0.544. The zero-order valence-electron chi connectivity index (χ0n) is 15.2. The molecule has 0 bridgehead atoms. The third-order valence-electron chi connectivity index (χ3n) is 3.91. The summed E-state index contributed by atoms with van der Waals surface area (Å²) in [5.41, 5.74) is 1.38. The van der Waals surface area contributed by atoms with Crippen LogP contribution < -0.4 is 10.6 Å². The molecule has 0 aliphatic carbocycles. The maximum atomic E-state index is 11.9. The zero-order chi connectivity index (χ0) is 19.6. The fraction of sp³-hybridized carbons (Fsp3) is 0.263. The number of nitrogens with one attached hydrogen (secondary N) is 2. The summed E-state index contributed by atoms with van der Waals surface area (Å²) in [5.74, 6) is 1.04. The lowest BCUT2D eigenvalue weighted by molar-refractivity contribution is -0.121. The zero-order valence-corrected chi connectivity index (χ0v) is 15.2. The van der Waals surface area contributed by atoms with Gasteiger partial charge in [0.1, 0.15) is 11.9 Å². The van der Waals surface area contributed by atoms with Gasteiger partial charge in [0.05, 0.1) is 12.1 Å². The molecule has 28 heavy (non-hydrogen) atoms. The van der Waals surface area contributed by atoms with Gasteiger partial charge >= 0.3 is 0 Å². The second kappa shape index (κ2) is 9.78. The number of nitrogens with zero attached hydrogens (tertiary/aromatic N) is 6. The summed E-state index contributed by atoms with van der Waals surface area (Å²) < 4.78 is 0. The molecule has 0 atom stereocenters. The molecule has 1 aromatic carbocycles. The highest BCUT2D eigenvalue weighted by Gasteiger charge is 2.07. The molecule has 0 saturated carbocycles. The molecule has 142 valence electrons. The Morgan fingerprint density at radius 1 is 1.14 bits per heavy atom. The monoisotopic (exact) mass is 376 g/mol. The lowest BCUT2D eigenvalue weighted by atomic mass is 10.2. The van der Waals surface area contributed by atoms with Crippen molar-refractivity contribution in [2.24, 2.45) is 0 Å². The van der Waals surface area contributed by atoms with Gasteiger partial charge in [0.15, 0.2) is 0 Å². The number of anilines is 1. The van der Waals surface area contributed by atoms with Crippen molar-refractivity contribution in [3.8, 4) is 17.5 Å². The van der Waals surface area contributed by atoms with Crippen molar-refractivity contribution in [1.82, 2.24) is 30.5 Å². The summed E-state index contributed by atoms with van der Waals surface area (Å²) in [5, 5.41) is 27.2. The predicted molar refractivity (Wildman–Crippen MR) is 103 cm³/mol. The van der Waals surface area contributed by atoms with E-state index in [1.807, 2.05) is 30.3 Å². The lowest BCUT2D eigenvalue weighted by Crippen LogP contribution is -2.29. The maximum absolute atomic E-state index is 11.9. The number of hydrogen-bond acceptors (Lipinski definition) is 7. The normalized spacial score (nSPS) is 10.2. The van der Waals surface area contributed by atoms with Crippen LogP contribution in [0.25, 0.3) is 11.4 Å². The SMILES string of the molecule is N#Cc1cccnc1NCCNC(=O)CCCn1nnc(-c2ccccc2)n1. The van der Waals surface area contributed by atoms with E-state index in [9.17, 15) is 4.79 Å². The Labute approximate surface area is 162 Å². The van der Waals surface area contributed by atoms with Crippen molar-refractivity contribution in [3.05, 3.63) is 54.2 Å². The summed E-state index contributed by atoms with van der Waals surface area (Å²) in [6.45, 7) is 1.45. The lowest BCUT2D eigenvalue weighted by Gasteiger charge is -2.08. The number of aryl methyl sites for hydroxylation is 1. The van der Waals surface area contributed by atoms with Crippen LogP contribution in [0.15, 0.2) is 48.7 Å². The first-order chi connectivity index (χ1) is 13.8. The number of hydrogen-bond donors (Lipinski definition) is 2. The number of benzene rings is 1. The van der Waals surface area contributed by atoms with Crippen molar-refractivity contribution >= 4 is 11.7 Å². The van der Waals surface area contributed by atoms with Crippen LogP contribution in [0, 0.1) is 11.3 Å². The largest absolute Gasteiger partial charge is 0.367 e. The van der Waals surface area contributed by atoms with Crippen LogP contribution in [0.3, 0.4) is 0 Å². The molecule has 9 heteroatoms. The van der Waals surface area contributed by atoms with E-state index in [0.29, 0.717) is 49.7 Å². The Morgan fingerprint density at radius 3 is 2.82 bits per heavy atom. The van der Waals surface area contributed by atoms with Gasteiger partial charge in [-0.1, -0.05) is 30.3 Å². The Hall–Kier alpha value is -3.80. The third-order valence-corrected chi connectivity index (χ3v) is 3.91. The van der Waals surface area contributed by atoms with Crippen molar-refractivity contribution in [2.75, 3.05) is 18.4 Å². The molecule has 3 aromatic rings. The van der Waals surface area contributed by atoms with Crippen LogP contribution in [0.5, 0.6) is 0 Å². The van der Waals surface area contributed by atoms with E-state index < -0.39 is 0 Å². The van der Waals surface area contributed by atoms with Crippen LogP contribution in [0.1, 0.15) is 18.4 Å². The van der Waals surface area contributed by atoms with Gasteiger partial charge in [-0.3, -0.25) is 4.79 Å². The molecule has 0 saturated heterocycles. The molecule has 1 amide bonds. The van der Waals surface area contributed by atoms with E-state index in [-0.39, 0.29) is 5.91 Å². The van der Waals surface area contributed by atoms with Gasteiger partial charge in [-0.05, 0) is 23.8 Å². The Bertz CT molecular complexity index is 948. The van der Waals surface area contributed by atoms with E-state index in [2.05, 4.69) is 37.1 Å². The molecule has 2 N–H and O–H groups in total. The topological polar surface area (TPSA) is 121 Å². The van der Waals surface area contributed by atoms with E-state index in [1.54, 1.807) is 18.3 Å². The molecule has 3 rings (SSSR count). The highest BCUT2D eigenvalue weighted by molar-refractivity contribution is 5.75. The summed E-state index contributed by atoms with van der Waals surface area (Å²) in [7, 11) is 0. The molecular weight excluding hydrogens is 356 g/mol. The highest BCUT2D eigenvalue weighted by atomic mass is 16.1. The number of pyridine rings is 1. The molecular formula is C19H20N8O. The number of rotatable bonds is 9. The van der Waals surface area contributed by atoms with Gasteiger partial charge in [-0.25, -0.2) is 4.98 Å². The first kappa shape index (κ1) is 19.0. The van der Waals surface area contributed by atoms with E-state index in [0.717, 1.165) is 5.56 Å². The van der Waals surface area contributed by atoms with Crippen molar-refractivity contribution < 1.29 is 4.79 Å². The second-order valence-electron chi connectivity index (χ2n) is 5.97. The van der Waals surface area contributed by atoms with Gasteiger partial charge in [0, 0.05) is 31.3 Å². The number of carbonyl (C=O) groups excluding carboxylic acids is 1. The van der Waals surface area contributed by atoms with E-state index in [1.165, 1.54) is 4.80 Å². The number of amides is 1. The molecule has 0 spiro atoms. The summed E-state index contributed by atoms with van der Waals surface area (Å²) in [4.78, 5) is 17.5. The average molecular weight is 376 g/mol. The first-order valence-corrected chi connectivity index (χ1v) is 8.95. The highest BCUT2D eigenvalue weighted by Crippen LogP contribution is 2.12. The van der Waals surface area contributed by atoms with Crippen LogP contribution in [-0.2, 0) is 11.3 Å². The molecule has 9 nitrogen and oxygen atoms in total. The number of tetrazole rings is 1. The number of aromatic nitrogens is 5. The van der Waals surface area contributed by atoms with Gasteiger partial charge in [-0.2, -0.15) is 10.1 Å². The van der Waals surface area contributed by atoms with E-state index in [4.69, 9.17) is 5.26 Å². The molecule has 0 aliphatic rings. The predicted octanol–water partition coefficient (Wildman–Crippen LogP) is 1.62. The summed E-state index contributed by atoms with van der Waals surface area (Å²) in [6, 6.07) is 15.1. The number of carbonyl (C=O) groups is 1. The number of nitriles is 1. The Kier molecular flexibility index (Phi) is 6.62. The minimum Gasteiger partial charge on any atom is -0.367 e. The summed E-state index contributed by atoms with van der Waals surface area (Å²) >= 11 is 0. The van der Waals surface area contributed by atoms with Crippen molar-refractivity contribution in [2.45, 2.75) is 19.4 Å². The van der Waals surface area contributed by atoms with Gasteiger partial charge in [0.2, 0.25) is 11.7 Å². The maximum Gasteiger partial charge on any atom is 0.220 e. The van der Waals surface area contributed by atoms with Gasteiger partial charge < -0.3 is 10.6 Å². The van der Waals surface area contributed by atoms with Crippen LogP contribution in [0.2, 0.25) is 0 Å². The van der Waals surface area contributed by atoms with E-state index >= 15 is 0 Å². The molecule has 2 aromatic heterocycles. The minimum atomic E-state index is -0.0493. The fourth-order valence-corrected chi connectivity index (χ4v) is 2.53. The van der Waals surface area contributed by atoms with Crippen LogP contribution in [0.4, 0.5) is 5.82 Å². The molecule has 0 radical (unpaired) electrons. The molecule has 0 unspecified atom stereocenters. The molecule has 2 heterocycles.